The number of halogens is 5. The zero-order chi connectivity index (χ0) is 18.1. The summed E-state index contributed by atoms with van der Waals surface area (Å²) in [6, 6.07) is 4.26. The summed E-state index contributed by atoms with van der Waals surface area (Å²) in [5.41, 5.74) is -2.83. The number of aromatic nitrogens is 2. The molecular weight excluding hydrogens is 366 g/mol. The number of hydrogen-bond acceptors (Lipinski definition) is 2. The van der Waals surface area contributed by atoms with Gasteiger partial charge >= 0.3 is 0 Å². The summed E-state index contributed by atoms with van der Waals surface area (Å²) in [5.74, 6) is -0.840. The van der Waals surface area contributed by atoms with E-state index in [2.05, 4.69) is 10.4 Å². The number of carbonyl (C=O) groups excluding carboxylic acids is 1. The predicted octanol–water partition coefficient (Wildman–Crippen LogP) is 4.28. The van der Waals surface area contributed by atoms with Gasteiger partial charge in [-0.1, -0.05) is 29.3 Å². The number of nitrogens with zero attached hydrogens (tertiary/aromatic N) is 2. The van der Waals surface area contributed by atoms with E-state index in [4.69, 9.17) is 23.2 Å². The molecule has 0 aliphatic rings. The van der Waals surface area contributed by atoms with Gasteiger partial charge in [0, 0.05) is 28.9 Å². The molecule has 0 fully saturated rings. The molecule has 1 amide bonds. The summed E-state index contributed by atoms with van der Waals surface area (Å²) in [6.45, 7) is 0.768. The molecule has 2 aromatic rings. The molecule has 0 aliphatic heterocycles. The molecule has 2 rings (SSSR count). The van der Waals surface area contributed by atoms with E-state index in [1.165, 1.54) is 32.2 Å². The Hall–Kier alpha value is -1.73. The van der Waals surface area contributed by atoms with Gasteiger partial charge in [0.15, 0.2) is 5.67 Å². The van der Waals surface area contributed by atoms with Crippen molar-refractivity contribution in [3.05, 3.63) is 51.3 Å². The van der Waals surface area contributed by atoms with Gasteiger partial charge in [-0.25, -0.2) is 13.2 Å². The molecule has 0 spiro atoms. The van der Waals surface area contributed by atoms with Crippen molar-refractivity contribution in [3.8, 4) is 0 Å². The summed E-state index contributed by atoms with van der Waals surface area (Å²) in [4.78, 5) is 12.1. The molecule has 1 N–H and O–H groups in total. The normalized spacial score (nSPS) is 13.8. The maximum absolute atomic E-state index is 14.8. The number of hydrogen-bond donors (Lipinski definition) is 1. The van der Waals surface area contributed by atoms with Crippen LogP contribution in [0.1, 0.15) is 35.0 Å². The van der Waals surface area contributed by atoms with Crippen LogP contribution in [0.4, 0.5) is 13.2 Å². The van der Waals surface area contributed by atoms with E-state index in [0.717, 1.165) is 10.9 Å². The molecule has 4 nitrogen and oxygen atoms in total. The Morgan fingerprint density at radius 2 is 2.08 bits per heavy atom. The van der Waals surface area contributed by atoms with E-state index in [0.29, 0.717) is 5.02 Å². The summed E-state index contributed by atoms with van der Waals surface area (Å²) >= 11 is 11.7. The van der Waals surface area contributed by atoms with Crippen LogP contribution in [0, 0.1) is 0 Å². The summed E-state index contributed by atoms with van der Waals surface area (Å²) < 4.78 is 41.7. The van der Waals surface area contributed by atoms with Crippen molar-refractivity contribution in [2.75, 3.05) is 6.54 Å². The van der Waals surface area contributed by atoms with Crippen LogP contribution in [0.2, 0.25) is 10.0 Å². The van der Waals surface area contributed by atoms with Crippen LogP contribution < -0.4 is 5.32 Å². The highest BCUT2D eigenvalue weighted by molar-refractivity contribution is 6.35. The van der Waals surface area contributed by atoms with Crippen LogP contribution in [0.5, 0.6) is 0 Å². The van der Waals surface area contributed by atoms with Crippen molar-refractivity contribution in [1.82, 2.24) is 15.1 Å². The lowest BCUT2D eigenvalue weighted by atomic mass is 9.97. The smallest absolute Gasteiger partial charge is 0.282 e. The first-order valence-corrected chi connectivity index (χ1v) is 7.61. The van der Waals surface area contributed by atoms with Crippen molar-refractivity contribution in [3.63, 3.8) is 0 Å². The van der Waals surface area contributed by atoms with Gasteiger partial charge in [-0.2, -0.15) is 5.10 Å². The second-order valence-corrected chi connectivity index (χ2v) is 6.25. The third-order valence-electron chi connectivity index (χ3n) is 3.38. The largest absolute Gasteiger partial charge is 0.348 e. The topological polar surface area (TPSA) is 46.9 Å². The van der Waals surface area contributed by atoms with Gasteiger partial charge in [-0.05, 0) is 19.1 Å². The van der Waals surface area contributed by atoms with Crippen molar-refractivity contribution in [1.29, 1.82) is 0 Å². The summed E-state index contributed by atoms with van der Waals surface area (Å²) in [5, 5.41) is 6.29. The third kappa shape index (κ3) is 4.02. The first-order valence-electron chi connectivity index (χ1n) is 6.86. The fourth-order valence-corrected chi connectivity index (χ4v) is 2.80. The second-order valence-electron chi connectivity index (χ2n) is 5.41. The first-order chi connectivity index (χ1) is 11.1. The highest BCUT2D eigenvalue weighted by Crippen LogP contribution is 2.33. The van der Waals surface area contributed by atoms with E-state index in [-0.39, 0.29) is 16.1 Å². The van der Waals surface area contributed by atoms with E-state index >= 15 is 0 Å². The van der Waals surface area contributed by atoms with Crippen LogP contribution in [-0.2, 0) is 12.7 Å². The number of amides is 1. The van der Waals surface area contributed by atoms with Gasteiger partial charge in [0.05, 0.1) is 12.1 Å². The van der Waals surface area contributed by atoms with E-state index in [1.54, 1.807) is 0 Å². The summed E-state index contributed by atoms with van der Waals surface area (Å²) in [7, 11) is 1.41. The van der Waals surface area contributed by atoms with E-state index < -0.39 is 30.2 Å². The molecule has 0 bridgehead atoms. The Morgan fingerprint density at radius 3 is 2.67 bits per heavy atom. The Labute approximate surface area is 146 Å². The Bertz CT molecular complexity index is 762. The van der Waals surface area contributed by atoms with Crippen molar-refractivity contribution in [2.24, 2.45) is 7.05 Å². The van der Waals surface area contributed by atoms with Crippen LogP contribution in [-0.4, -0.2) is 22.2 Å². The molecule has 0 radical (unpaired) electrons. The van der Waals surface area contributed by atoms with Crippen molar-refractivity contribution >= 4 is 29.1 Å². The van der Waals surface area contributed by atoms with Crippen LogP contribution in [0.25, 0.3) is 0 Å². The lowest BCUT2D eigenvalue weighted by Gasteiger charge is -2.22. The van der Waals surface area contributed by atoms with Crippen molar-refractivity contribution < 1.29 is 18.0 Å². The second kappa shape index (κ2) is 7.03. The molecular formula is C15H14Cl2F3N3O. The molecule has 24 heavy (non-hydrogen) atoms. The predicted molar refractivity (Wildman–Crippen MR) is 85.4 cm³/mol. The lowest BCUT2D eigenvalue weighted by molar-refractivity contribution is 0.0897. The standard InChI is InChI=1S/C15H14Cl2F3N3O/c1-15(20,10-4-3-8(16)5-11(10)17)7-21-14(24)9-6-23(2)22-12(9)13(18)19/h3-6,13H,7H2,1-2H3,(H,21,24). The van der Waals surface area contributed by atoms with E-state index in [1.807, 2.05) is 0 Å². The maximum atomic E-state index is 14.8. The van der Waals surface area contributed by atoms with Gasteiger partial charge in [-0.3, -0.25) is 9.48 Å². The number of carbonyl (C=O) groups is 1. The SMILES string of the molecule is Cn1cc(C(=O)NCC(C)(F)c2ccc(Cl)cc2Cl)c(C(F)F)n1. The highest BCUT2D eigenvalue weighted by Gasteiger charge is 2.30. The maximum Gasteiger partial charge on any atom is 0.282 e. The molecule has 1 heterocycles. The zero-order valence-electron chi connectivity index (χ0n) is 12.8. The summed E-state index contributed by atoms with van der Waals surface area (Å²) in [6.07, 6.45) is -1.75. The van der Waals surface area contributed by atoms with Crippen LogP contribution in [0.15, 0.2) is 24.4 Å². The molecule has 1 aromatic carbocycles. The van der Waals surface area contributed by atoms with Gasteiger partial charge in [-0.15, -0.1) is 0 Å². The van der Waals surface area contributed by atoms with Gasteiger partial charge in [0.25, 0.3) is 12.3 Å². The quantitative estimate of drug-likeness (QED) is 0.842. The number of nitrogens with one attached hydrogen (secondary N) is 1. The molecule has 0 saturated carbocycles. The minimum Gasteiger partial charge on any atom is -0.348 e. The highest BCUT2D eigenvalue weighted by atomic mass is 35.5. The molecule has 1 aromatic heterocycles. The van der Waals surface area contributed by atoms with Gasteiger partial charge in [0.2, 0.25) is 0 Å². The first kappa shape index (κ1) is 18.6. The molecule has 9 heteroatoms. The van der Waals surface area contributed by atoms with Crippen LogP contribution in [0.3, 0.4) is 0 Å². The number of benzene rings is 1. The van der Waals surface area contributed by atoms with Crippen LogP contribution >= 0.6 is 23.2 Å². The molecule has 0 aliphatic carbocycles. The Balaban J connectivity index is 2.16. The lowest BCUT2D eigenvalue weighted by Crippen LogP contribution is -2.36. The zero-order valence-corrected chi connectivity index (χ0v) is 14.3. The molecule has 130 valence electrons. The molecule has 1 unspecified atom stereocenters. The minimum atomic E-state index is -2.91. The molecule has 0 saturated heterocycles. The fourth-order valence-electron chi connectivity index (χ4n) is 2.19. The molecule has 1 atom stereocenters. The van der Waals surface area contributed by atoms with Crippen molar-refractivity contribution in [2.45, 2.75) is 19.0 Å². The Kier molecular flexibility index (Phi) is 5.45. The monoisotopic (exact) mass is 379 g/mol. The minimum absolute atomic E-state index is 0.108. The third-order valence-corrected chi connectivity index (χ3v) is 3.93. The fraction of sp³-hybridized carbons (Fsp3) is 0.333. The number of aryl methyl sites for hydroxylation is 1. The average Bonchev–Trinajstić information content (AvgIpc) is 2.87. The Morgan fingerprint density at radius 1 is 1.42 bits per heavy atom. The number of alkyl halides is 3. The van der Waals surface area contributed by atoms with E-state index in [9.17, 15) is 18.0 Å². The van der Waals surface area contributed by atoms with Gasteiger partial charge in [0.1, 0.15) is 5.69 Å². The average molecular weight is 380 g/mol. The number of rotatable bonds is 5. The van der Waals surface area contributed by atoms with Gasteiger partial charge < -0.3 is 5.32 Å².